The van der Waals surface area contributed by atoms with Crippen molar-refractivity contribution in [2.45, 2.75) is 25.6 Å². The van der Waals surface area contributed by atoms with E-state index < -0.39 is 30.9 Å². The van der Waals surface area contributed by atoms with Crippen LogP contribution in [0.1, 0.15) is 6.92 Å². The molecule has 1 aromatic rings. The smallest absolute Gasteiger partial charge is 0.406 e. The molecule has 0 heterocycles. The summed E-state index contributed by atoms with van der Waals surface area (Å²) in [5.74, 6) is -0.542. The minimum Gasteiger partial charge on any atom is -0.406 e. The highest BCUT2D eigenvalue weighted by Crippen LogP contribution is 2.28. The molecule has 21 heavy (non-hydrogen) atoms. The summed E-state index contributed by atoms with van der Waals surface area (Å²) < 4.78 is 76.9. The molecule has 0 spiro atoms. The molecule has 120 valence electrons. The van der Waals surface area contributed by atoms with Crippen LogP contribution in [0.3, 0.4) is 0 Å². The van der Waals surface area contributed by atoms with Crippen LogP contribution >= 0.6 is 0 Å². The van der Waals surface area contributed by atoms with Gasteiger partial charge in [0.2, 0.25) is 0 Å². The van der Waals surface area contributed by atoms with Gasteiger partial charge in [-0.25, -0.2) is 0 Å². The van der Waals surface area contributed by atoms with Crippen LogP contribution in [0.5, 0.6) is 5.75 Å². The third kappa shape index (κ3) is 5.70. The summed E-state index contributed by atoms with van der Waals surface area (Å²) in [7, 11) is 0. The van der Waals surface area contributed by atoms with Gasteiger partial charge >= 0.3 is 12.5 Å². The molecule has 0 saturated carbocycles. The Kier molecular flexibility index (Phi) is 5.32. The molecule has 0 aliphatic heterocycles. The zero-order valence-electron chi connectivity index (χ0n) is 10.9. The highest BCUT2D eigenvalue weighted by Gasteiger charge is 2.39. The molecule has 0 amide bonds. The van der Waals surface area contributed by atoms with E-state index in [0.29, 0.717) is 0 Å². The summed E-state index contributed by atoms with van der Waals surface area (Å²) in [6.45, 7) is 0.804. The van der Waals surface area contributed by atoms with Gasteiger partial charge in [0.1, 0.15) is 5.75 Å². The Morgan fingerprint density at radius 2 is 1.81 bits per heavy atom. The lowest BCUT2D eigenvalue weighted by Crippen LogP contribution is -2.41. The van der Waals surface area contributed by atoms with Crippen molar-refractivity contribution in [2.75, 3.05) is 18.0 Å². The molecule has 0 saturated heterocycles. The third-order valence-electron chi connectivity index (χ3n) is 2.57. The minimum atomic E-state index is -4.89. The molecule has 0 radical (unpaired) electrons. The first-order chi connectivity index (χ1) is 9.53. The van der Waals surface area contributed by atoms with Crippen molar-refractivity contribution in [3.8, 4) is 5.75 Å². The number of benzene rings is 1. The fourth-order valence-electron chi connectivity index (χ4n) is 1.61. The van der Waals surface area contributed by atoms with Gasteiger partial charge in [-0.2, -0.15) is 13.2 Å². The normalized spacial score (nSPS) is 13.9. The molecule has 0 aliphatic carbocycles. The number of aliphatic hydroxyl groups excluding tert-OH is 1. The van der Waals surface area contributed by atoms with Crippen LogP contribution < -0.4 is 9.64 Å². The third-order valence-corrected chi connectivity index (χ3v) is 2.57. The van der Waals surface area contributed by atoms with E-state index in [9.17, 15) is 26.3 Å². The van der Waals surface area contributed by atoms with Crippen LogP contribution in [-0.2, 0) is 0 Å². The highest BCUT2D eigenvalue weighted by molar-refractivity contribution is 5.50. The van der Waals surface area contributed by atoms with E-state index in [-0.39, 0.29) is 12.2 Å². The SMILES string of the molecule is CCN(CC(O)C(F)(F)F)c1cccc(OC(F)(F)F)c1. The number of nitrogens with zero attached hydrogens (tertiary/aromatic N) is 1. The van der Waals surface area contributed by atoms with E-state index in [4.69, 9.17) is 5.11 Å². The molecule has 1 N–H and O–H groups in total. The number of hydrogen-bond donors (Lipinski definition) is 1. The van der Waals surface area contributed by atoms with Crippen LogP contribution in [0.2, 0.25) is 0 Å². The second-order valence-corrected chi connectivity index (χ2v) is 4.14. The van der Waals surface area contributed by atoms with Crippen molar-refractivity contribution in [3.63, 3.8) is 0 Å². The first-order valence-electron chi connectivity index (χ1n) is 5.88. The average Bonchev–Trinajstić information content (AvgIpc) is 2.32. The number of ether oxygens (including phenoxy) is 1. The summed E-state index contributed by atoms with van der Waals surface area (Å²) in [6, 6.07) is 4.54. The lowest BCUT2D eigenvalue weighted by molar-refractivity contribution is -0.274. The molecule has 1 atom stereocenters. The number of halogens is 6. The summed E-state index contributed by atoms with van der Waals surface area (Å²) in [5.41, 5.74) is 0.0857. The Hall–Kier alpha value is -1.64. The maximum atomic E-state index is 12.3. The summed E-state index contributed by atoms with van der Waals surface area (Å²) in [5, 5.41) is 9.03. The van der Waals surface area contributed by atoms with E-state index in [0.717, 1.165) is 17.0 Å². The number of alkyl halides is 6. The van der Waals surface area contributed by atoms with Crippen molar-refractivity contribution < 1.29 is 36.2 Å². The number of anilines is 1. The summed E-state index contributed by atoms with van der Waals surface area (Å²) >= 11 is 0. The van der Waals surface area contributed by atoms with E-state index in [1.807, 2.05) is 0 Å². The largest absolute Gasteiger partial charge is 0.573 e. The summed E-state index contributed by atoms with van der Waals surface area (Å²) in [4.78, 5) is 1.10. The molecule has 1 aromatic carbocycles. The number of aliphatic hydroxyl groups is 1. The van der Waals surface area contributed by atoms with Crippen LogP contribution in [0.15, 0.2) is 24.3 Å². The zero-order chi connectivity index (χ0) is 16.3. The first kappa shape index (κ1) is 17.4. The molecule has 0 aliphatic rings. The average molecular weight is 317 g/mol. The van der Waals surface area contributed by atoms with Crippen molar-refractivity contribution >= 4 is 5.69 Å². The molecule has 0 bridgehead atoms. The molecule has 9 heteroatoms. The Morgan fingerprint density at radius 1 is 1.19 bits per heavy atom. The van der Waals surface area contributed by atoms with Gasteiger partial charge in [-0.05, 0) is 19.1 Å². The van der Waals surface area contributed by atoms with Crippen molar-refractivity contribution in [1.82, 2.24) is 0 Å². The molecule has 3 nitrogen and oxygen atoms in total. The molecular formula is C12H13F6NO2. The Bertz CT molecular complexity index is 460. The predicted octanol–water partition coefficient (Wildman–Crippen LogP) is 3.33. The summed E-state index contributed by atoms with van der Waals surface area (Å²) in [6.07, 6.45) is -12.3. The van der Waals surface area contributed by atoms with Gasteiger partial charge in [0.25, 0.3) is 0 Å². The molecule has 0 aromatic heterocycles. The van der Waals surface area contributed by atoms with Gasteiger partial charge in [-0.15, -0.1) is 13.2 Å². The lowest BCUT2D eigenvalue weighted by atomic mass is 10.2. The Morgan fingerprint density at radius 3 is 2.29 bits per heavy atom. The first-order valence-corrected chi connectivity index (χ1v) is 5.88. The minimum absolute atomic E-state index is 0.0720. The van der Waals surface area contributed by atoms with Crippen molar-refractivity contribution in [1.29, 1.82) is 0 Å². The van der Waals surface area contributed by atoms with E-state index in [1.165, 1.54) is 19.1 Å². The second-order valence-electron chi connectivity index (χ2n) is 4.14. The number of hydrogen-bond acceptors (Lipinski definition) is 3. The van der Waals surface area contributed by atoms with Crippen LogP contribution in [0, 0.1) is 0 Å². The van der Waals surface area contributed by atoms with E-state index in [2.05, 4.69) is 4.74 Å². The highest BCUT2D eigenvalue weighted by atomic mass is 19.4. The molecule has 1 unspecified atom stereocenters. The Labute approximate surface area is 116 Å². The zero-order valence-corrected chi connectivity index (χ0v) is 10.9. The van der Waals surface area contributed by atoms with Gasteiger partial charge in [-0.3, -0.25) is 0 Å². The van der Waals surface area contributed by atoms with Crippen molar-refractivity contribution in [3.05, 3.63) is 24.3 Å². The van der Waals surface area contributed by atoms with Gasteiger partial charge in [0, 0.05) is 18.3 Å². The quantitative estimate of drug-likeness (QED) is 0.846. The second kappa shape index (κ2) is 6.42. The maximum Gasteiger partial charge on any atom is 0.573 e. The maximum absolute atomic E-state index is 12.3. The predicted molar refractivity (Wildman–Crippen MR) is 63.1 cm³/mol. The van der Waals surface area contributed by atoms with Crippen molar-refractivity contribution in [2.24, 2.45) is 0 Å². The topological polar surface area (TPSA) is 32.7 Å². The van der Waals surface area contributed by atoms with Crippen LogP contribution in [0.25, 0.3) is 0 Å². The lowest BCUT2D eigenvalue weighted by Gasteiger charge is -2.27. The van der Waals surface area contributed by atoms with Crippen LogP contribution in [-0.4, -0.2) is 36.8 Å². The number of likely N-dealkylation sites (N-methyl/N-ethyl adjacent to an activating group) is 1. The monoisotopic (exact) mass is 317 g/mol. The van der Waals surface area contributed by atoms with Gasteiger partial charge < -0.3 is 14.7 Å². The van der Waals surface area contributed by atoms with Gasteiger partial charge in [0.05, 0.1) is 6.54 Å². The van der Waals surface area contributed by atoms with E-state index >= 15 is 0 Å². The Balaban J connectivity index is 2.89. The fourth-order valence-corrected chi connectivity index (χ4v) is 1.61. The van der Waals surface area contributed by atoms with Gasteiger partial charge in [0.15, 0.2) is 6.10 Å². The standard InChI is InChI=1S/C12H13F6NO2/c1-2-19(7-10(20)11(13,14)15)8-4-3-5-9(6-8)21-12(16,17)18/h3-6,10,20H,2,7H2,1H3. The molecule has 1 rings (SSSR count). The number of rotatable bonds is 5. The molecular weight excluding hydrogens is 304 g/mol. The molecule has 0 fully saturated rings. The van der Waals surface area contributed by atoms with E-state index in [1.54, 1.807) is 0 Å². The fraction of sp³-hybridized carbons (Fsp3) is 0.500. The van der Waals surface area contributed by atoms with Gasteiger partial charge in [-0.1, -0.05) is 6.07 Å². The van der Waals surface area contributed by atoms with Crippen LogP contribution in [0.4, 0.5) is 32.0 Å².